The van der Waals surface area contributed by atoms with Gasteiger partial charge in [0.15, 0.2) is 11.5 Å². The number of rotatable bonds is 6. The smallest absolute Gasteiger partial charge is 0.291 e. The summed E-state index contributed by atoms with van der Waals surface area (Å²) in [6.45, 7) is 3.96. The van der Waals surface area contributed by atoms with E-state index in [1.807, 2.05) is 0 Å². The first-order valence-corrected chi connectivity index (χ1v) is 11.1. The zero-order chi connectivity index (χ0) is 21.6. The van der Waals surface area contributed by atoms with Crippen molar-refractivity contribution in [2.24, 2.45) is 0 Å². The monoisotopic (exact) mass is 439 g/mol. The van der Waals surface area contributed by atoms with Gasteiger partial charge in [-0.1, -0.05) is 30.2 Å². The van der Waals surface area contributed by atoms with Gasteiger partial charge in [-0.05, 0) is 80.9 Å². The van der Waals surface area contributed by atoms with Crippen molar-refractivity contribution < 1.29 is 14.3 Å². The van der Waals surface area contributed by atoms with E-state index in [9.17, 15) is 9.59 Å². The fourth-order valence-electron chi connectivity index (χ4n) is 3.80. The molecule has 0 unspecified atom stereocenters. The van der Waals surface area contributed by atoms with Crippen LogP contribution >= 0.6 is 11.6 Å². The number of piperidine rings is 1. The Morgan fingerprint density at radius 3 is 2.68 bits per heavy atom. The molecule has 2 aromatic carbocycles. The molecule has 2 aliphatic heterocycles. The van der Waals surface area contributed by atoms with Gasteiger partial charge in [-0.2, -0.15) is 0 Å². The summed E-state index contributed by atoms with van der Waals surface area (Å²) in [5, 5.41) is 6.39. The Bertz CT molecular complexity index is 982. The van der Waals surface area contributed by atoms with Crippen molar-refractivity contribution >= 4 is 35.2 Å². The van der Waals surface area contributed by atoms with Gasteiger partial charge < -0.3 is 20.3 Å². The number of halogens is 1. The van der Waals surface area contributed by atoms with E-state index in [1.165, 1.54) is 19.3 Å². The Balaban J connectivity index is 1.34. The van der Waals surface area contributed by atoms with Crippen molar-refractivity contribution in [1.29, 1.82) is 0 Å². The highest BCUT2D eigenvalue weighted by molar-refractivity contribution is 6.30. The second-order valence-electron chi connectivity index (χ2n) is 7.84. The number of anilines is 1. The number of nitrogens with one attached hydrogen (secondary N) is 2. The van der Waals surface area contributed by atoms with Crippen LogP contribution in [0.1, 0.15) is 41.6 Å². The van der Waals surface area contributed by atoms with Crippen molar-refractivity contribution in [2.45, 2.75) is 25.7 Å². The van der Waals surface area contributed by atoms with E-state index in [0.717, 1.165) is 31.6 Å². The molecule has 0 saturated carbocycles. The van der Waals surface area contributed by atoms with Gasteiger partial charge in [0.2, 0.25) is 0 Å². The first kappa shape index (κ1) is 21.4. The number of nitrogens with zero attached hydrogens (tertiary/aromatic N) is 1. The number of amides is 2. The van der Waals surface area contributed by atoms with Crippen LogP contribution in [0.5, 0.6) is 5.75 Å². The molecule has 0 radical (unpaired) electrons. The van der Waals surface area contributed by atoms with Crippen LogP contribution in [-0.2, 0) is 4.79 Å². The minimum absolute atomic E-state index is 0.154. The van der Waals surface area contributed by atoms with Crippen LogP contribution in [-0.4, -0.2) is 42.9 Å². The van der Waals surface area contributed by atoms with Crippen molar-refractivity contribution in [3.8, 4) is 5.75 Å². The second-order valence-corrected chi connectivity index (χ2v) is 8.28. The number of benzene rings is 2. The lowest BCUT2D eigenvalue weighted by atomic mass is 10.1. The molecule has 0 bridgehead atoms. The summed E-state index contributed by atoms with van der Waals surface area (Å²) in [6.07, 6.45) is 6.44. The van der Waals surface area contributed by atoms with E-state index < -0.39 is 0 Å². The maximum atomic E-state index is 12.5. The molecular formula is C24H26ClN3O3. The lowest BCUT2D eigenvalue weighted by Gasteiger charge is -2.26. The number of likely N-dealkylation sites (tertiary alicyclic amines) is 1. The summed E-state index contributed by atoms with van der Waals surface area (Å²) in [4.78, 5) is 27.4. The van der Waals surface area contributed by atoms with Crippen LogP contribution in [0.3, 0.4) is 0 Å². The number of ether oxygens (including phenoxy) is 1. The van der Waals surface area contributed by atoms with Crippen LogP contribution in [0.25, 0.3) is 6.08 Å². The molecule has 0 aromatic heterocycles. The molecule has 2 aromatic rings. The molecule has 0 aliphatic carbocycles. The summed E-state index contributed by atoms with van der Waals surface area (Å²) < 4.78 is 5.76. The molecule has 7 heteroatoms. The van der Waals surface area contributed by atoms with E-state index in [4.69, 9.17) is 16.3 Å². The molecule has 1 saturated heterocycles. The quantitative estimate of drug-likeness (QED) is 0.519. The third-order valence-electron chi connectivity index (χ3n) is 5.49. The Labute approximate surface area is 187 Å². The largest absolute Gasteiger partial charge is 0.449 e. The van der Waals surface area contributed by atoms with Crippen molar-refractivity contribution in [1.82, 2.24) is 10.2 Å². The molecule has 2 N–H and O–H groups in total. The van der Waals surface area contributed by atoms with Gasteiger partial charge in [-0.15, -0.1) is 0 Å². The molecule has 2 amide bonds. The summed E-state index contributed by atoms with van der Waals surface area (Å²) in [6, 6.07) is 12.2. The van der Waals surface area contributed by atoms with Gasteiger partial charge in [0.05, 0.1) is 5.69 Å². The minimum atomic E-state index is -0.360. The Hall–Kier alpha value is -2.83. The van der Waals surface area contributed by atoms with Gasteiger partial charge in [0.1, 0.15) is 0 Å². The summed E-state index contributed by atoms with van der Waals surface area (Å²) in [5.41, 5.74) is 1.78. The van der Waals surface area contributed by atoms with Gasteiger partial charge in [-0.25, -0.2) is 0 Å². The van der Waals surface area contributed by atoms with Crippen LogP contribution in [0, 0.1) is 0 Å². The highest BCUT2D eigenvalue weighted by atomic mass is 35.5. The third kappa shape index (κ3) is 5.66. The Morgan fingerprint density at radius 2 is 1.90 bits per heavy atom. The average Bonchev–Trinajstić information content (AvgIpc) is 2.79. The zero-order valence-electron chi connectivity index (χ0n) is 17.3. The fraction of sp³-hybridized carbons (Fsp3) is 0.333. The summed E-state index contributed by atoms with van der Waals surface area (Å²) in [5.74, 6) is 0.172. The van der Waals surface area contributed by atoms with E-state index in [-0.39, 0.29) is 17.6 Å². The predicted molar refractivity (Wildman–Crippen MR) is 122 cm³/mol. The number of carbonyl (C=O) groups is 2. The van der Waals surface area contributed by atoms with Crippen LogP contribution < -0.4 is 15.4 Å². The van der Waals surface area contributed by atoms with Crippen LogP contribution in [0.15, 0.2) is 48.2 Å². The van der Waals surface area contributed by atoms with E-state index in [1.54, 1.807) is 48.5 Å². The van der Waals surface area contributed by atoms with Gasteiger partial charge in [0.25, 0.3) is 11.8 Å². The summed E-state index contributed by atoms with van der Waals surface area (Å²) in [7, 11) is 0. The summed E-state index contributed by atoms with van der Waals surface area (Å²) >= 11 is 5.90. The van der Waals surface area contributed by atoms with Crippen molar-refractivity contribution in [2.75, 3.05) is 31.5 Å². The SMILES string of the molecule is O=C1Nc2cc(C(=O)NCCCN3CCCCC3)ccc2OC1=Cc1ccc(Cl)cc1. The molecule has 0 spiro atoms. The third-order valence-corrected chi connectivity index (χ3v) is 5.74. The molecule has 2 aliphatic rings. The predicted octanol–water partition coefficient (Wildman–Crippen LogP) is 4.32. The number of fused-ring (bicyclic) bond motifs is 1. The Morgan fingerprint density at radius 1 is 1.13 bits per heavy atom. The normalized spacial score (nSPS) is 17.6. The molecule has 2 heterocycles. The lowest BCUT2D eigenvalue weighted by molar-refractivity contribution is -0.115. The first-order chi connectivity index (χ1) is 15.1. The van der Waals surface area contributed by atoms with Gasteiger partial charge in [0, 0.05) is 17.1 Å². The van der Waals surface area contributed by atoms with Gasteiger partial charge >= 0.3 is 0 Å². The average molecular weight is 440 g/mol. The van der Waals surface area contributed by atoms with Crippen LogP contribution in [0.4, 0.5) is 5.69 Å². The number of carbonyl (C=O) groups excluding carboxylic acids is 2. The molecule has 4 rings (SSSR count). The maximum Gasteiger partial charge on any atom is 0.291 e. The number of hydrogen-bond donors (Lipinski definition) is 2. The second kappa shape index (κ2) is 9.98. The van der Waals surface area contributed by atoms with Crippen LogP contribution in [0.2, 0.25) is 5.02 Å². The first-order valence-electron chi connectivity index (χ1n) is 10.7. The maximum absolute atomic E-state index is 12.5. The molecular weight excluding hydrogens is 414 g/mol. The Kier molecular flexibility index (Phi) is 6.89. The molecule has 1 fully saturated rings. The van der Waals surface area contributed by atoms with E-state index >= 15 is 0 Å². The molecule has 6 nitrogen and oxygen atoms in total. The van der Waals surface area contributed by atoms with E-state index in [0.29, 0.717) is 28.6 Å². The minimum Gasteiger partial charge on any atom is -0.449 e. The topological polar surface area (TPSA) is 70.7 Å². The molecule has 31 heavy (non-hydrogen) atoms. The van der Waals surface area contributed by atoms with Gasteiger partial charge in [-0.3, -0.25) is 9.59 Å². The van der Waals surface area contributed by atoms with Crippen molar-refractivity contribution in [3.05, 3.63) is 64.4 Å². The molecule has 0 atom stereocenters. The fourth-order valence-corrected chi connectivity index (χ4v) is 3.93. The van der Waals surface area contributed by atoms with Crippen molar-refractivity contribution in [3.63, 3.8) is 0 Å². The standard InChI is InChI=1S/C24H26ClN3O3/c25-19-8-5-17(6-9-19)15-22-24(30)27-20-16-18(7-10-21(20)31-22)23(29)26-11-4-14-28-12-2-1-3-13-28/h5-10,15-16H,1-4,11-14H2,(H,26,29)(H,27,30). The number of hydrogen-bond acceptors (Lipinski definition) is 4. The van der Waals surface area contributed by atoms with E-state index in [2.05, 4.69) is 15.5 Å². The lowest BCUT2D eigenvalue weighted by Crippen LogP contribution is -2.33. The highest BCUT2D eigenvalue weighted by Crippen LogP contribution is 2.32. The molecule has 162 valence electrons. The zero-order valence-corrected chi connectivity index (χ0v) is 18.1. The highest BCUT2D eigenvalue weighted by Gasteiger charge is 2.23.